The fourth-order valence-electron chi connectivity index (χ4n) is 4.04. The van der Waals surface area contributed by atoms with E-state index in [1.165, 1.54) is 92.0 Å². The number of hydrogen-bond acceptors (Lipinski definition) is 2. The van der Waals surface area contributed by atoms with Crippen LogP contribution >= 0.6 is 0 Å². The first-order chi connectivity index (χ1) is 16.6. The third kappa shape index (κ3) is 18.1. The minimum atomic E-state index is -0.653. The third-order valence-electron chi connectivity index (χ3n) is 6.19. The van der Waals surface area contributed by atoms with Gasteiger partial charge in [0.05, 0.1) is 0 Å². The van der Waals surface area contributed by atoms with Gasteiger partial charge in [0.1, 0.15) is 0 Å². The molecule has 0 amide bonds. The van der Waals surface area contributed by atoms with Gasteiger partial charge in [-0.1, -0.05) is 96.8 Å². The van der Waals surface area contributed by atoms with E-state index in [0.717, 1.165) is 46.5 Å². The van der Waals surface area contributed by atoms with Crippen molar-refractivity contribution in [3.05, 3.63) is 54.6 Å². The minimum absolute atomic E-state index is 0.345. The molecule has 4 heteroatoms. The number of carboxylic acid groups (broad SMARTS) is 1. The van der Waals surface area contributed by atoms with Gasteiger partial charge in [-0.25, -0.2) is 0 Å². The normalized spacial score (nSPS) is 10.4. The van der Waals surface area contributed by atoms with E-state index in [0.29, 0.717) is 6.42 Å². The molecule has 2 aromatic carbocycles. The van der Waals surface area contributed by atoms with Crippen molar-refractivity contribution in [2.45, 2.75) is 110 Å². The predicted molar refractivity (Wildman–Crippen MR) is 149 cm³/mol. The van der Waals surface area contributed by atoms with Crippen molar-refractivity contribution < 1.29 is 9.90 Å². The first kappa shape index (κ1) is 30.7. The van der Waals surface area contributed by atoms with Crippen molar-refractivity contribution in [2.75, 3.05) is 5.32 Å². The van der Waals surface area contributed by atoms with E-state index in [1.807, 2.05) is 18.2 Å². The van der Waals surface area contributed by atoms with Crippen molar-refractivity contribution >= 4 is 48.1 Å². The Morgan fingerprint density at radius 1 is 0.676 bits per heavy atom. The molecule has 0 fully saturated rings. The molecule has 3 nitrogen and oxygen atoms in total. The zero-order valence-electron chi connectivity index (χ0n) is 21.9. The Kier molecular flexibility index (Phi) is 20.1. The van der Waals surface area contributed by atoms with Crippen LogP contribution in [0.25, 0.3) is 0 Å². The monoisotopic (exact) mass is 475 g/mol. The van der Waals surface area contributed by atoms with Gasteiger partial charge < -0.3 is 5.11 Å². The Morgan fingerprint density at radius 2 is 1.12 bits per heavy atom. The van der Waals surface area contributed by atoms with E-state index in [4.69, 9.17) is 5.11 Å². The van der Waals surface area contributed by atoms with Gasteiger partial charge >= 0.3 is 108 Å². The summed E-state index contributed by atoms with van der Waals surface area (Å²) < 4.78 is 1.40. The first-order valence-electron chi connectivity index (χ1n) is 13.7. The Hall–Kier alpha value is -1.29. The molecule has 0 saturated carbocycles. The molecule has 184 valence electrons. The van der Waals surface area contributed by atoms with Gasteiger partial charge in [0.25, 0.3) is 0 Å². The summed E-state index contributed by atoms with van der Waals surface area (Å²) in [6.07, 6.45) is 20.2. The van der Waals surface area contributed by atoms with Crippen LogP contribution in [0, 0.1) is 0 Å². The van der Waals surface area contributed by atoms with E-state index < -0.39 is 5.97 Å². The number of unbranched alkanes of at least 4 members (excludes halogenated alkanes) is 14. The maximum absolute atomic E-state index is 10.3. The molecule has 0 saturated heterocycles. The number of carbonyl (C=O) groups is 1. The van der Waals surface area contributed by atoms with Crippen molar-refractivity contribution in [1.82, 2.24) is 0 Å². The second-order valence-electron chi connectivity index (χ2n) is 9.40. The second kappa shape index (κ2) is 22.2. The molecule has 2 N–H and O–H groups in total. The van der Waals surface area contributed by atoms with Gasteiger partial charge in [-0.3, -0.25) is 4.79 Å². The van der Waals surface area contributed by atoms with Gasteiger partial charge in [0.2, 0.25) is 0 Å². The van der Waals surface area contributed by atoms with Crippen LogP contribution in [0.15, 0.2) is 54.6 Å². The molecule has 34 heavy (non-hydrogen) atoms. The molecule has 0 aliphatic carbocycles. The molecular formula is C30H46NNaO2. The molecule has 0 spiro atoms. The van der Waals surface area contributed by atoms with Crippen molar-refractivity contribution in [3.8, 4) is 0 Å². The Balaban J connectivity index is 0.000000358. The summed E-state index contributed by atoms with van der Waals surface area (Å²) in [5.41, 5.74) is 2.38. The Labute approximate surface area is 226 Å². The topological polar surface area (TPSA) is 49.3 Å². The number of benzene rings is 2. The van der Waals surface area contributed by atoms with Gasteiger partial charge in [0, 0.05) is 6.42 Å². The number of anilines is 2. The quantitative estimate of drug-likeness (QED) is 0.168. The van der Waals surface area contributed by atoms with E-state index in [9.17, 15) is 4.79 Å². The standard InChI is InChI=1S/C18H36O2.C12H10N.Na/c1-2-3-4-5-6-7-8-9-10-11-12-13-14-15-16-17-18(19)20;1-3-7-11(8-4-1)13-12-9-5-2-6-10-12;/h2-17H2,1H3,(H,19,20);1-9,13H;. The average molecular weight is 476 g/mol. The summed E-state index contributed by atoms with van der Waals surface area (Å²) in [6, 6.07) is 18.7. The van der Waals surface area contributed by atoms with Crippen LogP contribution in [0.5, 0.6) is 0 Å². The number of rotatable bonds is 18. The summed E-state index contributed by atoms with van der Waals surface area (Å²) in [4.78, 5) is 10.3. The SMILES string of the molecule is CCCCCCCCCCCCCCCCCC(=O)O.[Na][c]1ccccc1Nc1ccccc1. The Bertz CT molecular complexity index is 736. The summed E-state index contributed by atoms with van der Waals surface area (Å²) >= 11 is 1.07. The average Bonchev–Trinajstić information content (AvgIpc) is 2.84. The van der Waals surface area contributed by atoms with Crippen LogP contribution in [-0.2, 0) is 4.79 Å². The number of nitrogens with one attached hydrogen (secondary N) is 1. The number of aliphatic carboxylic acids is 1. The fourth-order valence-corrected chi connectivity index (χ4v) is 4.52. The maximum atomic E-state index is 10.3. The van der Waals surface area contributed by atoms with Crippen LogP contribution in [0.3, 0.4) is 0 Å². The Morgan fingerprint density at radius 3 is 1.59 bits per heavy atom. The number of carboxylic acids is 1. The zero-order valence-corrected chi connectivity index (χ0v) is 23.9. The number of hydrogen-bond donors (Lipinski definition) is 2. The van der Waals surface area contributed by atoms with Crippen molar-refractivity contribution in [2.24, 2.45) is 0 Å². The van der Waals surface area contributed by atoms with Gasteiger partial charge in [-0.05, 0) is 6.42 Å². The molecule has 0 aliphatic rings. The molecule has 0 radical (unpaired) electrons. The summed E-state index contributed by atoms with van der Waals surface area (Å²) in [6.45, 7) is 2.27. The molecular weight excluding hydrogens is 429 g/mol. The van der Waals surface area contributed by atoms with Crippen LogP contribution in [0.4, 0.5) is 11.4 Å². The van der Waals surface area contributed by atoms with Gasteiger partial charge in [-0.2, -0.15) is 0 Å². The molecule has 0 heterocycles. The zero-order chi connectivity index (χ0) is 24.7. The van der Waals surface area contributed by atoms with E-state index in [-0.39, 0.29) is 0 Å². The fraction of sp³-hybridized carbons (Fsp3) is 0.567. The van der Waals surface area contributed by atoms with E-state index >= 15 is 0 Å². The third-order valence-corrected chi connectivity index (χ3v) is 7.06. The number of para-hydroxylation sites is 2. The van der Waals surface area contributed by atoms with E-state index in [2.05, 4.69) is 48.6 Å². The second-order valence-corrected chi connectivity index (χ2v) is 10.5. The molecule has 0 aliphatic heterocycles. The van der Waals surface area contributed by atoms with Gasteiger partial charge in [0.15, 0.2) is 0 Å². The summed E-state index contributed by atoms with van der Waals surface area (Å²) in [5, 5.41) is 11.9. The summed E-state index contributed by atoms with van der Waals surface area (Å²) in [5.74, 6) is -0.653. The predicted octanol–water partition coefficient (Wildman–Crippen LogP) is 8.56. The van der Waals surface area contributed by atoms with Crippen molar-refractivity contribution in [1.29, 1.82) is 0 Å². The van der Waals surface area contributed by atoms with Crippen molar-refractivity contribution in [3.63, 3.8) is 0 Å². The molecule has 2 aromatic rings. The van der Waals surface area contributed by atoms with Crippen LogP contribution in [0.2, 0.25) is 0 Å². The molecule has 2 rings (SSSR count). The van der Waals surface area contributed by atoms with Crippen LogP contribution in [-0.4, -0.2) is 39.0 Å². The molecule has 0 aromatic heterocycles. The van der Waals surface area contributed by atoms with Crippen LogP contribution < -0.4 is 8.13 Å². The molecule has 0 bridgehead atoms. The van der Waals surface area contributed by atoms with Crippen LogP contribution in [0.1, 0.15) is 110 Å². The van der Waals surface area contributed by atoms with Gasteiger partial charge in [-0.15, -0.1) is 0 Å². The van der Waals surface area contributed by atoms with E-state index in [1.54, 1.807) is 0 Å². The molecule has 0 atom stereocenters. The first-order valence-corrected chi connectivity index (χ1v) is 14.7. The molecule has 0 unspecified atom stereocenters. The summed E-state index contributed by atoms with van der Waals surface area (Å²) in [7, 11) is 0.